The fourth-order valence-electron chi connectivity index (χ4n) is 3.30. The zero-order chi connectivity index (χ0) is 13.7. The Hall–Kier alpha value is -0.340. The molecule has 2 heteroatoms. The van der Waals surface area contributed by atoms with E-state index >= 15 is 0 Å². The molecule has 0 radical (unpaired) electrons. The number of hydrogen-bond donors (Lipinski definition) is 1. The zero-order valence-electron chi connectivity index (χ0n) is 12.7. The van der Waals surface area contributed by atoms with E-state index in [1.54, 1.807) is 4.88 Å². The molecule has 0 aliphatic heterocycles. The van der Waals surface area contributed by atoms with Gasteiger partial charge in [-0.1, -0.05) is 33.1 Å². The molecule has 108 valence electrons. The van der Waals surface area contributed by atoms with Gasteiger partial charge in [-0.05, 0) is 67.6 Å². The Morgan fingerprint density at radius 2 is 2.05 bits per heavy atom. The molecule has 19 heavy (non-hydrogen) atoms. The van der Waals surface area contributed by atoms with E-state index in [4.69, 9.17) is 0 Å². The molecule has 2 atom stereocenters. The minimum Gasteiger partial charge on any atom is -0.316 e. The van der Waals surface area contributed by atoms with Crippen molar-refractivity contribution in [2.45, 2.75) is 58.8 Å². The van der Waals surface area contributed by atoms with Crippen LogP contribution in [-0.4, -0.2) is 13.1 Å². The highest BCUT2D eigenvalue weighted by Crippen LogP contribution is 2.39. The third-order valence-corrected chi connectivity index (χ3v) is 5.51. The van der Waals surface area contributed by atoms with Crippen LogP contribution in [0.5, 0.6) is 0 Å². The van der Waals surface area contributed by atoms with Crippen LogP contribution in [0, 0.1) is 18.8 Å². The zero-order valence-corrected chi connectivity index (χ0v) is 13.6. The largest absolute Gasteiger partial charge is 0.316 e. The Morgan fingerprint density at radius 1 is 1.26 bits per heavy atom. The first-order valence-corrected chi connectivity index (χ1v) is 8.81. The summed E-state index contributed by atoms with van der Waals surface area (Å²) in [6, 6.07) is 2.30. The first-order valence-electron chi connectivity index (χ1n) is 7.93. The second-order valence-corrected chi connectivity index (χ2v) is 7.47. The summed E-state index contributed by atoms with van der Waals surface area (Å²) < 4.78 is 0. The Morgan fingerprint density at radius 3 is 2.74 bits per heavy atom. The lowest BCUT2D eigenvalue weighted by Gasteiger charge is -2.26. The van der Waals surface area contributed by atoms with Crippen LogP contribution in [0.2, 0.25) is 0 Å². The molecule has 2 rings (SSSR count). The number of nitrogens with one attached hydrogen (secondary N) is 1. The van der Waals surface area contributed by atoms with Crippen molar-refractivity contribution < 1.29 is 0 Å². The fraction of sp³-hybridized carbons (Fsp3) is 0.765. The SMILES string of the molecule is Cc1ccsc1C1CCCCCC1CNCC(C)C. The first kappa shape index (κ1) is 15.1. The maximum atomic E-state index is 3.70. The molecular formula is C17H29NS. The van der Waals surface area contributed by atoms with E-state index in [1.165, 1.54) is 44.2 Å². The van der Waals surface area contributed by atoms with Crippen LogP contribution < -0.4 is 5.32 Å². The summed E-state index contributed by atoms with van der Waals surface area (Å²) in [6.07, 6.45) is 7.09. The molecule has 1 fully saturated rings. The molecule has 0 spiro atoms. The Kier molecular flexibility index (Phi) is 5.90. The number of aryl methyl sites for hydroxylation is 1. The van der Waals surface area contributed by atoms with Gasteiger partial charge in [-0.3, -0.25) is 0 Å². The quantitative estimate of drug-likeness (QED) is 0.751. The smallest absolute Gasteiger partial charge is 0.0109 e. The monoisotopic (exact) mass is 279 g/mol. The minimum absolute atomic E-state index is 0.757. The highest BCUT2D eigenvalue weighted by atomic mass is 32.1. The highest BCUT2D eigenvalue weighted by Gasteiger charge is 2.26. The highest BCUT2D eigenvalue weighted by molar-refractivity contribution is 7.10. The molecule has 1 saturated carbocycles. The molecule has 2 unspecified atom stereocenters. The average molecular weight is 279 g/mol. The second kappa shape index (κ2) is 7.44. The predicted octanol–water partition coefficient (Wildman–Crippen LogP) is 4.97. The molecule has 1 aliphatic carbocycles. The summed E-state index contributed by atoms with van der Waals surface area (Å²) in [7, 11) is 0. The maximum Gasteiger partial charge on any atom is 0.0109 e. The average Bonchev–Trinajstić information content (AvgIpc) is 2.65. The predicted molar refractivity (Wildman–Crippen MR) is 86.1 cm³/mol. The lowest BCUT2D eigenvalue weighted by molar-refractivity contribution is 0.369. The van der Waals surface area contributed by atoms with Crippen molar-refractivity contribution in [1.29, 1.82) is 0 Å². The van der Waals surface area contributed by atoms with Gasteiger partial charge in [0.1, 0.15) is 0 Å². The van der Waals surface area contributed by atoms with E-state index < -0.39 is 0 Å². The molecule has 0 amide bonds. The van der Waals surface area contributed by atoms with Crippen LogP contribution in [0.1, 0.15) is 62.3 Å². The molecule has 1 aromatic rings. The Labute approximate surface area is 122 Å². The van der Waals surface area contributed by atoms with Crippen LogP contribution in [0.4, 0.5) is 0 Å². The van der Waals surface area contributed by atoms with Gasteiger partial charge in [0.15, 0.2) is 0 Å². The molecule has 0 saturated heterocycles. The molecule has 1 aliphatic rings. The van der Waals surface area contributed by atoms with Gasteiger partial charge in [0.2, 0.25) is 0 Å². The molecule has 1 heterocycles. The topological polar surface area (TPSA) is 12.0 Å². The van der Waals surface area contributed by atoms with E-state index in [9.17, 15) is 0 Å². The van der Waals surface area contributed by atoms with Gasteiger partial charge in [0, 0.05) is 4.88 Å². The summed E-state index contributed by atoms with van der Waals surface area (Å²) in [5.41, 5.74) is 1.52. The molecule has 1 N–H and O–H groups in total. The van der Waals surface area contributed by atoms with Crippen molar-refractivity contribution in [3.05, 3.63) is 21.9 Å². The van der Waals surface area contributed by atoms with Crippen molar-refractivity contribution in [3.8, 4) is 0 Å². The van der Waals surface area contributed by atoms with Crippen molar-refractivity contribution in [2.75, 3.05) is 13.1 Å². The number of thiophene rings is 1. The lowest BCUT2D eigenvalue weighted by atomic mass is 9.85. The molecule has 1 aromatic heterocycles. The summed E-state index contributed by atoms with van der Waals surface area (Å²) in [6.45, 7) is 9.24. The fourth-order valence-corrected chi connectivity index (χ4v) is 4.45. The van der Waals surface area contributed by atoms with Gasteiger partial charge in [0.25, 0.3) is 0 Å². The Bertz CT molecular complexity index is 369. The van der Waals surface area contributed by atoms with Gasteiger partial charge >= 0.3 is 0 Å². The van der Waals surface area contributed by atoms with Crippen LogP contribution >= 0.6 is 11.3 Å². The van der Waals surface area contributed by atoms with Crippen molar-refractivity contribution in [2.24, 2.45) is 11.8 Å². The normalized spacial score (nSPS) is 24.6. The minimum atomic E-state index is 0.757. The van der Waals surface area contributed by atoms with E-state index in [0.717, 1.165) is 24.3 Å². The van der Waals surface area contributed by atoms with Crippen LogP contribution in [0.25, 0.3) is 0 Å². The van der Waals surface area contributed by atoms with Crippen LogP contribution in [0.15, 0.2) is 11.4 Å². The molecular weight excluding hydrogens is 250 g/mol. The standard InChI is InChI=1S/C17H29NS/c1-13(2)11-18-12-15-7-5-4-6-8-16(15)17-14(3)9-10-19-17/h9-10,13,15-16,18H,4-8,11-12H2,1-3H3. The summed E-state index contributed by atoms with van der Waals surface area (Å²) in [5, 5.41) is 5.97. The van der Waals surface area contributed by atoms with Crippen LogP contribution in [-0.2, 0) is 0 Å². The molecule has 0 bridgehead atoms. The van der Waals surface area contributed by atoms with E-state index in [2.05, 4.69) is 37.5 Å². The third-order valence-electron chi connectivity index (χ3n) is 4.36. The van der Waals surface area contributed by atoms with Gasteiger partial charge in [-0.2, -0.15) is 0 Å². The maximum absolute atomic E-state index is 3.70. The third kappa shape index (κ3) is 4.32. The summed E-state index contributed by atoms with van der Waals surface area (Å²) >= 11 is 1.98. The molecule has 1 nitrogen and oxygen atoms in total. The molecule has 0 aromatic carbocycles. The second-order valence-electron chi connectivity index (χ2n) is 6.52. The summed E-state index contributed by atoms with van der Waals surface area (Å²) in [5.74, 6) is 2.41. The van der Waals surface area contributed by atoms with E-state index in [1.807, 2.05) is 11.3 Å². The summed E-state index contributed by atoms with van der Waals surface area (Å²) in [4.78, 5) is 1.67. The van der Waals surface area contributed by atoms with E-state index in [-0.39, 0.29) is 0 Å². The van der Waals surface area contributed by atoms with Crippen LogP contribution in [0.3, 0.4) is 0 Å². The Balaban J connectivity index is 2.01. The van der Waals surface area contributed by atoms with Crippen molar-refractivity contribution in [1.82, 2.24) is 5.32 Å². The number of hydrogen-bond acceptors (Lipinski definition) is 2. The van der Waals surface area contributed by atoms with Gasteiger partial charge < -0.3 is 5.32 Å². The van der Waals surface area contributed by atoms with Crippen molar-refractivity contribution in [3.63, 3.8) is 0 Å². The van der Waals surface area contributed by atoms with Gasteiger partial charge in [-0.25, -0.2) is 0 Å². The lowest BCUT2D eigenvalue weighted by Crippen LogP contribution is -2.29. The van der Waals surface area contributed by atoms with Gasteiger partial charge in [-0.15, -0.1) is 11.3 Å². The number of rotatable bonds is 5. The van der Waals surface area contributed by atoms with Crippen molar-refractivity contribution >= 4 is 11.3 Å². The van der Waals surface area contributed by atoms with Gasteiger partial charge in [0.05, 0.1) is 0 Å². The van der Waals surface area contributed by atoms with E-state index in [0.29, 0.717) is 0 Å². The first-order chi connectivity index (χ1) is 9.18.